The molecule has 0 radical (unpaired) electrons. The van der Waals surface area contributed by atoms with Crippen LogP contribution in [-0.2, 0) is 0 Å². The number of hydrogen-bond donors (Lipinski definition) is 2. The SMILES string of the molecule is Cc1cc(C(=O)NC2CC(CO)C2)c2c(C)noc2n1. The number of carbonyl (C=O) groups is 1. The zero-order valence-corrected chi connectivity index (χ0v) is 11.5. The second-order valence-electron chi connectivity index (χ2n) is 5.45. The maximum atomic E-state index is 12.4. The molecule has 0 aromatic carbocycles. The van der Waals surface area contributed by atoms with Crippen LogP contribution >= 0.6 is 0 Å². The van der Waals surface area contributed by atoms with Gasteiger partial charge in [0.25, 0.3) is 11.6 Å². The molecule has 0 unspecified atom stereocenters. The summed E-state index contributed by atoms with van der Waals surface area (Å²) in [6.45, 7) is 3.81. The lowest BCUT2D eigenvalue weighted by atomic mass is 9.81. The van der Waals surface area contributed by atoms with Crippen LogP contribution < -0.4 is 5.32 Å². The smallest absolute Gasteiger partial charge is 0.258 e. The Kier molecular flexibility index (Phi) is 3.17. The van der Waals surface area contributed by atoms with E-state index >= 15 is 0 Å². The zero-order valence-electron chi connectivity index (χ0n) is 11.5. The second kappa shape index (κ2) is 4.86. The fraction of sp³-hybridized carbons (Fsp3) is 0.500. The maximum absolute atomic E-state index is 12.4. The van der Waals surface area contributed by atoms with Crippen molar-refractivity contribution in [3.8, 4) is 0 Å². The number of nitrogens with one attached hydrogen (secondary N) is 1. The third-order valence-corrected chi connectivity index (χ3v) is 3.82. The second-order valence-corrected chi connectivity index (χ2v) is 5.45. The van der Waals surface area contributed by atoms with Crippen molar-refractivity contribution in [3.63, 3.8) is 0 Å². The molecule has 1 saturated carbocycles. The maximum Gasteiger partial charge on any atom is 0.258 e. The molecule has 2 aromatic heterocycles. The minimum Gasteiger partial charge on any atom is -0.396 e. The molecule has 0 aliphatic heterocycles. The number of aliphatic hydroxyl groups is 1. The van der Waals surface area contributed by atoms with E-state index in [0.29, 0.717) is 28.3 Å². The molecule has 0 atom stereocenters. The number of aliphatic hydroxyl groups excluding tert-OH is 1. The average molecular weight is 275 g/mol. The van der Waals surface area contributed by atoms with Crippen molar-refractivity contribution in [3.05, 3.63) is 23.0 Å². The minimum atomic E-state index is -0.131. The van der Waals surface area contributed by atoms with Crippen molar-refractivity contribution in [2.24, 2.45) is 5.92 Å². The van der Waals surface area contributed by atoms with Gasteiger partial charge in [0.15, 0.2) is 0 Å². The lowest BCUT2D eigenvalue weighted by Crippen LogP contribution is -2.45. The van der Waals surface area contributed by atoms with E-state index in [0.717, 1.165) is 18.5 Å². The summed E-state index contributed by atoms with van der Waals surface area (Å²) >= 11 is 0. The van der Waals surface area contributed by atoms with Crippen molar-refractivity contribution >= 4 is 17.0 Å². The third kappa shape index (κ3) is 2.16. The highest BCUT2D eigenvalue weighted by Gasteiger charge is 2.30. The van der Waals surface area contributed by atoms with Gasteiger partial charge in [-0.25, -0.2) is 4.98 Å². The van der Waals surface area contributed by atoms with E-state index in [1.54, 1.807) is 13.0 Å². The molecule has 1 aliphatic carbocycles. The molecule has 20 heavy (non-hydrogen) atoms. The van der Waals surface area contributed by atoms with E-state index < -0.39 is 0 Å². The molecule has 3 rings (SSSR count). The van der Waals surface area contributed by atoms with Crippen LogP contribution in [0, 0.1) is 19.8 Å². The molecular formula is C14H17N3O3. The van der Waals surface area contributed by atoms with E-state index in [1.165, 1.54) is 0 Å². The standard InChI is InChI=1S/C14H17N3O3/c1-7-3-11(12-8(2)17-20-14(12)15-7)13(19)16-10-4-9(5-10)6-18/h3,9-10,18H,4-6H2,1-2H3,(H,16,19). The highest BCUT2D eigenvalue weighted by Crippen LogP contribution is 2.28. The molecule has 6 nitrogen and oxygen atoms in total. The molecule has 1 amide bonds. The minimum absolute atomic E-state index is 0.131. The summed E-state index contributed by atoms with van der Waals surface area (Å²) in [7, 11) is 0. The van der Waals surface area contributed by atoms with E-state index in [4.69, 9.17) is 9.63 Å². The molecule has 1 aliphatic rings. The first kappa shape index (κ1) is 13.1. The molecule has 0 saturated heterocycles. The van der Waals surface area contributed by atoms with Crippen molar-refractivity contribution in [1.82, 2.24) is 15.5 Å². The van der Waals surface area contributed by atoms with Gasteiger partial charge >= 0.3 is 0 Å². The number of nitrogens with zero attached hydrogens (tertiary/aromatic N) is 2. The molecule has 0 bridgehead atoms. The van der Waals surface area contributed by atoms with Crippen LogP contribution in [0.25, 0.3) is 11.1 Å². The van der Waals surface area contributed by atoms with Crippen LogP contribution in [0.2, 0.25) is 0 Å². The Bertz CT molecular complexity index is 659. The highest BCUT2D eigenvalue weighted by atomic mass is 16.5. The Hall–Kier alpha value is -1.95. The first-order valence-electron chi connectivity index (χ1n) is 6.74. The Morgan fingerprint density at radius 2 is 2.25 bits per heavy atom. The largest absolute Gasteiger partial charge is 0.396 e. The van der Waals surface area contributed by atoms with Crippen LogP contribution in [0.4, 0.5) is 0 Å². The van der Waals surface area contributed by atoms with Gasteiger partial charge < -0.3 is 14.9 Å². The van der Waals surface area contributed by atoms with Gasteiger partial charge in [-0.2, -0.15) is 0 Å². The molecule has 2 N–H and O–H groups in total. The van der Waals surface area contributed by atoms with Crippen molar-refractivity contribution in [2.45, 2.75) is 32.7 Å². The zero-order chi connectivity index (χ0) is 14.3. The van der Waals surface area contributed by atoms with Gasteiger partial charge in [-0.3, -0.25) is 4.79 Å². The van der Waals surface area contributed by atoms with Gasteiger partial charge in [0.05, 0.1) is 16.6 Å². The number of amides is 1. The summed E-state index contributed by atoms with van der Waals surface area (Å²) in [5.74, 6) is 0.185. The number of hydrogen-bond acceptors (Lipinski definition) is 5. The summed E-state index contributed by atoms with van der Waals surface area (Å²) in [6.07, 6.45) is 1.66. The Morgan fingerprint density at radius 3 is 2.95 bits per heavy atom. The predicted octanol–water partition coefficient (Wildman–Crippen LogP) is 1.34. The van der Waals surface area contributed by atoms with Crippen LogP contribution in [0.1, 0.15) is 34.6 Å². The molecule has 2 heterocycles. The van der Waals surface area contributed by atoms with Gasteiger partial charge in [-0.1, -0.05) is 5.16 Å². The molecule has 1 fully saturated rings. The first-order valence-corrected chi connectivity index (χ1v) is 6.74. The van der Waals surface area contributed by atoms with E-state index in [9.17, 15) is 4.79 Å². The fourth-order valence-electron chi connectivity index (χ4n) is 2.66. The highest BCUT2D eigenvalue weighted by molar-refractivity contribution is 6.06. The molecule has 0 spiro atoms. The number of rotatable bonds is 3. The Morgan fingerprint density at radius 1 is 1.50 bits per heavy atom. The number of fused-ring (bicyclic) bond motifs is 1. The monoisotopic (exact) mass is 275 g/mol. The number of pyridine rings is 1. The van der Waals surface area contributed by atoms with Crippen LogP contribution in [-0.4, -0.2) is 33.8 Å². The number of carbonyl (C=O) groups excluding carboxylic acids is 1. The average Bonchev–Trinajstić information content (AvgIpc) is 2.73. The summed E-state index contributed by atoms with van der Waals surface area (Å²) in [5, 5.41) is 16.5. The van der Waals surface area contributed by atoms with Gasteiger partial charge in [0.1, 0.15) is 0 Å². The van der Waals surface area contributed by atoms with Crippen LogP contribution in [0.5, 0.6) is 0 Å². The number of aryl methyl sites for hydroxylation is 2. The summed E-state index contributed by atoms with van der Waals surface area (Å²) in [4.78, 5) is 16.6. The first-order chi connectivity index (χ1) is 9.58. The third-order valence-electron chi connectivity index (χ3n) is 3.82. The van der Waals surface area contributed by atoms with Crippen molar-refractivity contribution in [2.75, 3.05) is 6.61 Å². The predicted molar refractivity (Wildman–Crippen MR) is 72.3 cm³/mol. The topological polar surface area (TPSA) is 88.2 Å². The van der Waals surface area contributed by atoms with Gasteiger partial charge in [0, 0.05) is 18.3 Å². The molecule has 2 aromatic rings. The summed E-state index contributed by atoms with van der Waals surface area (Å²) in [5.41, 5.74) is 2.34. The summed E-state index contributed by atoms with van der Waals surface area (Å²) in [6, 6.07) is 1.90. The van der Waals surface area contributed by atoms with Crippen LogP contribution in [0.3, 0.4) is 0 Å². The molecule has 106 valence electrons. The fourth-order valence-corrected chi connectivity index (χ4v) is 2.66. The summed E-state index contributed by atoms with van der Waals surface area (Å²) < 4.78 is 5.13. The Balaban J connectivity index is 1.86. The molecule has 6 heteroatoms. The number of aromatic nitrogens is 2. The lowest BCUT2D eigenvalue weighted by molar-refractivity contribution is 0.0833. The molecular weight excluding hydrogens is 258 g/mol. The van der Waals surface area contributed by atoms with E-state index in [2.05, 4.69) is 15.5 Å². The van der Waals surface area contributed by atoms with E-state index in [-0.39, 0.29) is 18.6 Å². The quantitative estimate of drug-likeness (QED) is 0.882. The van der Waals surface area contributed by atoms with Crippen LogP contribution in [0.15, 0.2) is 10.6 Å². The van der Waals surface area contributed by atoms with Gasteiger partial charge in [-0.05, 0) is 38.7 Å². The normalized spacial score (nSPS) is 21.8. The van der Waals surface area contributed by atoms with Crippen molar-refractivity contribution in [1.29, 1.82) is 0 Å². The van der Waals surface area contributed by atoms with Gasteiger partial charge in [-0.15, -0.1) is 0 Å². The van der Waals surface area contributed by atoms with Gasteiger partial charge in [0.2, 0.25) is 0 Å². The Labute approximate surface area is 116 Å². The van der Waals surface area contributed by atoms with Crippen molar-refractivity contribution < 1.29 is 14.4 Å². The lowest BCUT2D eigenvalue weighted by Gasteiger charge is -2.34. The van der Waals surface area contributed by atoms with E-state index in [1.807, 2.05) is 6.92 Å².